The molecule has 0 radical (unpaired) electrons. The molecular formula is C20H22FN3O3. The van der Waals surface area contributed by atoms with Crippen molar-refractivity contribution >= 4 is 17.6 Å². The first kappa shape index (κ1) is 18.7. The Hall–Kier alpha value is -3.09. The summed E-state index contributed by atoms with van der Waals surface area (Å²) < 4.78 is 18.9. The van der Waals surface area contributed by atoms with Crippen molar-refractivity contribution in [2.75, 3.05) is 38.1 Å². The summed E-state index contributed by atoms with van der Waals surface area (Å²) >= 11 is 0. The highest BCUT2D eigenvalue weighted by Gasteiger charge is 2.22. The molecular weight excluding hydrogens is 349 g/mol. The first-order valence-electron chi connectivity index (χ1n) is 8.89. The highest BCUT2D eigenvalue weighted by Crippen LogP contribution is 2.15. The first-order valence-corrected chi connectivity index (χ1v) is 8.89. The number of carbonyl (C=O) groups is 2. The lowest BCUT2D eigenvalue weighted by Crippen LogP contribution is -2.40. The number of para-hydroxylation sites is 2. The second-order valence-corrected chi connectivity index (χ2v) is 6.24. The largest absolute Gasteiger partial charge is 0.481 e. The van der Waals surface area contributed by atoms with E-state index in [2.05, 4.69) is 5.32 Å². The molecule has 0 atom stereocenters. The summed E-state index contributed by atoms with van der Waals surface area (Å²) in [5.41, 5.74) is 0.734. The maximum atomic E-state index is 13.6. The van der Waals surface area contributed by atoms with Gasteiger partial charge < -0.3 is 19.9 Å². The number of carbonyl (C=O) groups excluding carboxylic acids is 2. The molecule has 3 rings (SSSR count). The molecule has 3 amide bonds. The molecule has 0 bridgehead atoms. The number of nitrogens with one attached hydrogen (secondary N) is 1. The minimum atomic E-state index is -0.495. The lowest BCUT2D eigenvalue weighted by molar-refractivity contribution is -0.133. The Bertz CT molecular complexity index is 785. The van der Waals surface area contributed by atoms with Gasteiger partial charge in [-0.25, -0.2) is 9.18 Å². The van der Waals surface area contributed by atoms with Gasteiger partial charge in [-0.2, -0.15) is 0 Å². The third-order valence-electron chi connectivity index (χ3n) is 4.35. The van der Waals surface area contributed by atoms with Crippen LogP contribution in [0.4, 0.5) is 14.9 Å². The van der Waals surface area contributed by atoms with Gasteiger partial charge in [0.1, 0.15) is 0 Å². The Kier molecular flexibility index (Phi) is 6.25. The lowest BCUT2D eigenvalue weighted by Gasteiger charge is -2.22. The molecule has 0 aliphatic carbocycles. The molecule has 7 heteroatoms. The third-order valence-corrected chi connectivity index (χ3v) is 4.35. The summed E-state index contributed by atoms with van der Waals surface area (Å²) in [5.74, 6) is -0.655. The van der Waals surface area contributed by atoms with Crippen LogP contribution in [0.3, 0.4) is 0 Å². The summed E-state index contributed by atoms with van der Waals surface area (Å²) in [6, 6.07) is 15.0. The third kappa shape index (κ3) is 5.20. The van der Waals surface area contributed by atoms with Crippen LogP contribution < -0.4 is 10.1 Å². The molecule has 1 N–H and O–H groups in total. The Balaban J connectivity index is 1.49. The SMILES string of the molecule is O=C(COc1ccccc1F)N1CCCN(C(=O)Nc2ccccc2)CC1. The van der Waals surface area contributed by atoms with Crippen molar-refractivity contribution in [1.82, 2.24) is 9.80 Å². The lowest BCUT2D eigenvalue weighted by atomic mass is 10.3. The Morgan fingerprint density at radius 3 is 2.37 bits per heavy atom. The van der Waals surface area contributed by atoms with Crippen LogP contribution in [0.25, 0.3) is 0 Å². The highest BCUT2D eigenvalue weighted by atomic mass is 19.1. The monoisotopic (exact) mass is 371 g/mol. The van der Waals surface area contributed by atoms with Gasteiger partial charge in [-0.05, 0) is 30.7 Å². The van der Waals surface area contributed by atoms with Gasteiger partial charge in [-0.1, -0.05) is 30.3 Å². The summed E-state index contributed by atoms with van der Waals surface area (Å²) in [4.78, 5) is 28.1. The van der Waals surface area contributed by atoms with E-state index in [1.807, 2.05) is 30.3 Å². The van der Waals surface area contributed by atoms with Crippen molar-refractivity contribution < 1.29 is 18.7 Å². The van der Waals surface area contributed by atoms with Crippen molar-refractivity contribution in [1.29, 1.82) is 0 Å². The fraction of sp³-hybridized carbons (Fsp3) is 0.300. The van der Waals surface area contributed by atoms with Gasteiger partial charge in [0.25, 0.3) is 5.91 Å². The second kappa shape index (κ2) is 9.02. The Labute approximate surface area is 157 Å². The van der Waals surface area contributed by atoms with E-state index in [-0.39, 0.29) is 24.3 Å². The van der Waals surface area contributed by atoms with E-state index in [4.69, 9.17) is 4.74 Å². The van der Waals surface area contributed by atoms with Crippen molar-refractivity contribution in [2.45, 2.75) is 6.42 Å². The number of rotatable bonds is 4. The number of ether oxygens (including phenoxy) is 1. The van der Waals surface area contributed by atoms with E-state index in [0.717, 1.165) is 5.69 Å². The van der Waals surface area contributed by atoms with Crippen LogP contribution in [0.2, 0.25) is 0 Å². The molecule has 2 aromatic carbocycles. The van der Waals surface area contributed by atoms with Gasteiger partial charge in [0.05, 0.1) is 0 Å². The molecule has 1 heterocycles. The average molecular weight is 371 g/mol. The molecule has 2 aromatic rings. The standard InChI is InChI=1S/C20H22FN3O3/c21-17-9-4-5-10-18(17)27-15-19(25)23-11-6-12-24(14-13-23)20(26)22-16-7-2-1-3-8-16/h1-5,7-10H,6,11-15H2,(H,22,26). The van der Waals surface area contributed by atoms with Crippen LogP contribution in [0.15, 0.2) is 54.6 Å². The number of benzene rings is 2. The molecule has 0 saturated carbocycles. The van der Waals surface area contributed by atoms with Gasteiger partial charge in [-0.3, -0.25) is 4.79 Å². The van der Waals surface area contributed by atoms with E-state index in [0.29, 0.717) is 32.6 Å². The van der Waals surface area contributed by atoms with E-state index < -0.39 is 5.82 Å². The first-order chi connectivity index (χ1) is 13.1. The maximum absolute atomic E-state index is 13.6. The quantitative estimate of drug-likeness (QED) is 0.899. The van der Waals surface area contributed by atoms with Gasteiger partial charge in [0, 0.05) is 31.9 Å². The predicted molar refractivity (Wildman–Crippen MR) is 100 cm³/mol. The van der Waals surface area contributed by atoms with Crippen molar-refractivity contribution in [3.63, 3.8) is 0 Å². The van der Waals surface area contributed by atoms with E-state index >= 15 is 0 Å². The Morgan fingerprint density at radius 2 is 1.59 bits per heavy atom. The van der Waals surface area contributed by atoms with Gasteiger partial charge >= 0.3 is 6.03 Å². The van der Waals surface area contributed by atoms with E-state index in [1.54, 1.807) is 21.9 Å². The number of halogens is 1. The number of nitrogens with zero attached hydrogens (tertiary/aromatic N) is 2. The number of hydrogen-bond acceptors (Lipinski definition) is 3. The van der Waals surface area contributed by atoms with Crippen molar-refractivity contribution in [3.8, 4) is 5.75 Å². The molecule has 27 heavy (non-hydrogen) atoms. The smallest absolute Gasteiger partial charge is 0.321 e. The summed E-state index contributed by atoms with van der Waals surface area (Å²) in [5, 5.41) is 2.85. The van der Waals surface area contributed by atoms with Crippen LogP contribution in [0.1, 0.15) is 6.42 Å². The molecule has 1 fully saturated rings. The van der Waals surface area contributed by atoms with E-state index in [9.17, 15) is 14.0 Å². The zero-order valence-corrected chi connectivity index (χ0v) is 14.9. The van der Waals surface area contributed by atoms with Gasteiger partial charge in [0.2, 0.25) is 0 Å². The molecule has 0 spiro atoms. The minimum Gasteiger partial charge on any atom is -0.481 e. The highest BCUT2D eigenvalue weighted by molar-refractivity contribution is 5.89. The van der Waals surface area contributed by atoms with Crippen LogP contribution in [0, 0.1) is 5.82 Å². The molecule has 0 aromatic heterocycles. The fourth-order valence-corrected chi connectivity index (χ4v) is 2.89. The van der Waals surface area contributed by atoms with Crippen molar-refractivity contribution in [3.05, 3.63) is 60.4 Å². The molecule has 1 aliphatic rings. The van der Waals surface area contributed by atoms with Crippen LogP contribution in [-0.2, 0) is 4.79 Å². The molecule has 0 unspecified atom stereocenters. The second-order valence-electron chi connectivity index (χ2n) is 6.24. The zero-order valence-electron chi connectivity index (χ0n) is 14.9. The summed E-state index contributed by atoms with van der Waals surface area (Å²) in [7, 11) is 0. The number of hydrogen-bond donors (Lipinski definition) is 1. The minimum absolute atomic E-state index is 0.0598. The number of amides is 3. The number of anilines is 1. The van der Waals surface area contributed by atoms with Crippen LogP contribution in [-0.4, -0.2) is 54.5 Å². The predicted octanol–water partition coefficient (Wildman–Crippen LogP) is 2.97. The Morgan fingerprint density at radius 1 is 0.926 bits per heavy atom. The van der Waals surface area contributed by atoms with Crippen LogP contribution >= 0.6 is 0 Å². The van der Waals surface area contributed by atoms with Crippen molar-refractivity contribution in [2.24, 2.45) is 0 Å². The summed E-state index contributed by atoms with van der Waals surface area (Å²) in [6.45, 7) is 1.73. The van der Waals surface area contributed by atoms with Gasteiger partial charge in [-0.15, -0.1) is 0 Å². The molecule has 6 nitrogen and oxygen atoms in total. The normalized spacial score (nSPS) is 14.4. The van der Waals surface area contributed by atoms with Crippen LogP contribution in [0.5, 0.6) is 5.75 Å². The van der Waals surface area contributed by atoms with Gasteiger partial charge in [0.15, 0.2) is 18.2 Å². The summed E-state index contributed by atoms with van der Waals surface area (Å²) in [6.07, 6.45) is 0.674. The zero-order chi connectivity index (χ0) is 19.1. The fourth-order valence-electron chi connectivity index (χ4n) is 2.89. The average Bonchev–Trinajstić information content (AvgIpc) is 2.94. The topological polar surface area (TPSA) is 61.9 Å². The van der Waals surface area contributed by atoms with E-state index in [1.165, 1.54) is 12.1 Å². The molecule has 1 saturated heterocycles. The molecule has 142 valence electrons. The molecule has 1 aliphatic heterocycles. The number of urea groups is 1. The maximum Gasteiger partial charge on any atom is 0.321 e.